The fourth-order valence-electron chi connectivity index (χ4n) is 3.15. The smallest absolute Gasteiger partial charge is 0.238 e. The Morgan fingerprint density at radius 2 is 2.16 bits per heavy atom. The molecule has 0 saturated carbocycles. The molecule has 0 unspecified atom stereocenters. The first-order chi connectivity index (χ1) is 12.0. The van der Waals surface area contributed by atoms with Crippen LogP contribution < -0.4 is 16.0 Å². The molecule has 1 atom stereocenters. The highest BCUT2D eigenvalue weighted by Crippen LogP contribution is 2.24. The van der Waals surface area contributed by atoms with Gasteiger partial charge in [-0.2, -0.15) is 0 Å². The van der Waals surface area contributed by atoms with Crippen LogP contribution in [0.2, 0.25) is 0 Å². The fraction of sp³-hybridized carbons (Fsp3) is 0.471. The van der Waals surface area contributed by atoms with Gasteiger partial charge in [-0.3, -0.25) is 19.3 Å². The highest BCUT2D eigenvalue weighted by atomic mass is 16.5. The van der Waals surface area contributed by atoms with Crippen LogP contribution in [0.5, 0.6) is 0 Å². The number of nitrogens with two attached hydrogens (primary N) is 1. The summed E-state index contributed by atoms with van der Waals surface area (Å²) >= 11 is 0. The molecule has 2 heterocycles. The normalized spacial score (nSPS) is 21.4. The summed E-state index contributed by atoms with van der Waals surface area (Å²) in [6, 6.07) is 6.62. The average Bonchev–Trinajstić information content (AvgIpc) is 3.01. The predicted molar refractivity (Wildman–Crippen MR) is 92.0 cm³/mol. The number of amides is 3. The van der Waals surface area contributed by atoms with E-state index in [-0.39, 0.29) is 25.0 Å². The van der Waals surface area contributed by atoms with Gasteiger partial charge in [-0.05, 0) is 24.6 Å². The minimum Gasteiger partial charge on any atom is -0.378 e. The maximum Gasteiger partial charge on any atom is 0.238 e. The molecule has 3 N–H and O–H groups in total. The summed E-state index contributed by atoms with van der Waals surface area (Å²) in [4.78, 5) is 39.1. The first-order valence-electron chi connectivity index (χ1n) is 8.36. The number of ether oxygens (including phenoxy) is 1. The third-order valence-corrected chi connectivity index (χ3v) is 4.43. The van der Waals surface area contributed by atoms with Crippen LogP contribution in [-0.2, 0) is 19.1 Å². The zero-order valence-corrected chi connectivity index (χ0v) is 13.9. The number of nitrogens with zero attached hydrogens (tertiary/aromatic N) is 2. The van der Waals surface area contributed by atoms with Gasteiger partial charge in [0, 0.05) is 30.9 Å². The second kappa shape index (κ2) is 7.62. The number of carbonyl (C=O) groups excluding carboxylic acids is 3. The van der Waals surface area contributed by atoms with Crippen molar-refractivity contribution in [3.8, 4) is 0 Å². The van der Waals surface area contributed by atoms with E-state index < -0.39 is 11.9 Å². The number of rotatable bonds is 5. The number of benzene rings is 1. The van der Waals surface area contributed by atoms with E-state index in [0.29, 0.717) is 31.8 Å². The van der Waals surface area contributed by atoms with Crippen molar-refractivity contribution in [3.63, 3.8) is 0 Å². The average molecular weight is 346 g/mol. The van der Waals surface area contributed by atoms with Gasteiger partial charge >= 0.3 is 0 Å². The van der Waals surface area contributed by atoms with Gasteiger partial charge in [0.1, 0.15) is 6.04 Å². The van der Waals surface area contributed by atoms with Gasteiger partial charge in [-0.15, -0.1) is 0 Å². The molecule has 8 heteroatoms. The first kappa shape index (κ1) is 17.4. The minimum absolute atomic E-state index is 0.0594. The Labute approximate surface area is 145 Å². The maximum absolute atomic E-state index is 12.3. The molecule has 8 nitrogen and oxygen atoms in total. The number of hydrogen-bond acceptors (Lipinski definition) is 5. The van der Waals surface area contributed by atoms with Crippen molar-refractivity contribution in [2.75, 3.05) is 43.1 Å². The number of anilines is 2. The Bertz CT molecular complexity index is 678. The number of nitrogens with one attached hydrogen (secondary N) is 1. The lowest BCUT2D eigenvalue weighted by molar-refractivity contribution is -0.131. The monoisotopic (exact) mass is 346 g/mol. The largest absolute Gasteiger partial charge is 0.378 e. The first-order valence-corrected chi connectivity index (χ1v) is 8.36. The van der Waals surface area contributed by atoms with Crippen molar-refractivity contribution in [1.82, 2.24) is 4.90 Å². The van der Waals surface area contributed by atoms with Crippen LogP contribution in [-0.4, -0.2) is 61.5 Å². The Balaban J connectivity index is 1.63. The van der Waals surface area contributed by atoms with Crippen molar-refractivity contribution in [2.45, 2.75) is 18.9 Å². The van der Waals surface area contributed by atoms with E-state index in [1.165, 1.54) is 0 Å². The molecule has 3 rings (SSSR count). The van der Waals surface area contributed by atoms with Gasteiger partial charge in [0.25, 0.3) is 0 Å². The fourth-order valence-corrected chi connectivity index (χ4v) is 3.15. The topological polar surface area (TPSA) is 105 Å². The van der Waals surface area contributed by atoms with Crippen LogP contribution in [0.1, 0.15) is 12.8 Å². The van der Waals surface area contributed by atoms with Crippen LogP contribution in [0.25, 0.3) is 0 Å². The highest BCUT2D eigenvalue weighted by molar-refractivity contribution is 5.97. The third-order valence-electron chi connectivity index (χ3n) is 4.43. The Kier molecular flexibility index (Phi) is 5.30. The van der Waals surface area contributed by atoms with Crippen molar-refractivity contribution in [1.29, 1.82) is 0 Å². The third kappa shape index (κ3) is 4.15. The molecule has 0 bridgehead atoms. The van der Waals surface area contributed by atoms with Crippen molar-refractivity contribution >= 4 is 29.1 Å². The zero-order chi connectivity index (χ0) is 17.8. The Morgan fingerprint density at radius 1 is 1.32 bits per heavy atom. The van der Waals surface area contributed by atoms with Gasteiger partial charge in [-0.1, -0.05) is 6.07 Å². The molecule has 134 valence electrons. The van der Waals surface area contributed by atoms with Crippen molar-refractivity contribution < 1.29 is 19.1 Å². The Morgan fingerprint density at radius 3 is 2.88 bits per heavy atom. The molecule has 0 spiro atoms. The number of primary amides is 1. The van der Waals surface area contributed by atoms with Crippen molar-refractivity contribution in [3.05, 3.63) is 24.3 Å². The summed E-state index contributed by atoms with van der Waals surface area (Å²) in [7, 11) is 0. The molecule has 1 aromatic carbocycles. The summed E-state index contributed by atoms with van der Waals surface area (Å²) in [5, 5.41) is 2.82. The van der Waals surface area contributed by atoms with Crippen molar-refractivity contribution in [2.24, 2.45) is 5.73 Å². The molecule has 2 aliphatic heterocycles. The lowest BCUT2D eigenvalue weighted by Crippen LogP contribution is -2.54. The standard InChI is InChI=1S/C17H22N4O4/c18-17(24)14-11-25-8-7-20(14)10-15(22)19-12-3-1-4-13(9-12)21-6-2-5-16(21)23/h1,3-4,9,14H,2,5-8,10-11H2,(H2,18,24)(H,19,22)/t14-/m1/s1. The quantitative estimate of drug-likeness (QED) is 0.777. The number of carbonyl (C=O) groups is 3. The summed E-state index contributed by atoms with van der Waals surface area (Å²) in [6.45, 7) is 1.90. The van der Waals surface area contributed by atoms with Gasteiger partial charge in [0.2, 0.25) is 17.7 Å². The molecule has 3 amide bonds. The molecular weight excluding hydrogens is 324 g/mol. The second-order valence-electron chi connectivity index (χ2n) is 6.21. The maximum atomic E-state index is 12.3. The number of morpholine rings is 1. The van der Waals surface area contributed by atoms with Gasteiger partial charge < -0.3 is 20.7 Å². The van der Waals surface area contributed by atoms with E-state index in [9.17, 15) is 14.4 Å². The lowest BCUT2D eigenvalue weighted by Gasteiger charge is -2.32. The van der Waals surface area contributed by atoms with Gasteiger partial charge in [-0.25, -0.2) is 0 Å². The minimum atomic E-state index is -0.590. The lowest BCUT2D eigenvalue weighted by atomic mass is 10.2. The molecule has 2 aliphatic rings. The Hall–Kier alpha value is -2.45. The molecule has 2 saturated heterocycles. The molecule has 0 aliphatic carbocycles. The second-order valence-corrected chi connectivity index (χ2v) is 6.21. The van der Waals surface area contributed by atoms with E-state index in [1.54, 1.807) is 28.0 Å². The van der Waals surface area contributed by atoms with E-state index in [0.717, 1.165) is 12.1 Å². The summed E-state index contributed by atoms with van der Waals surface area (Å²) < 4.78 is 5.24. The summed E-state index contributed by atoms with van der Waals surface area (Å²) in [5.41, 5.74) is 6.75. The van der Waals surface area contributed by atoms with Crippen LogP contribution in [0.15, 0.2) is 24.3 Å². The number of hydrogen-bond donors (Lipinski definition) is 2. The predicted octanol–water partition coefficient (Wildman–Crippen LogP) is -0.0620. The van der Waals surface area contributed by atoms with E-state index in [1.807, 2.05) is 6.07 Å². The molecule has 0 radical (unpaired) electrons. The van der Waals surface area contributed by atoms with E-state index in [4.69, 9.17) is 10.5 Å². The van der Waals surface area contributed by atoms with Crippen LogP contribution in [0.4, 0.5) is 11.4 Å². The highest BCUT2D eigenvalue weighted by Gasteiger charge is 2.29. The van der Waals surface area contributed by atoms with Crippen LogP contribution >= 0.6 is 0 Å². The van der Waals surface area contributed by atoms with Crippen LogP contribution in [0, 0.1) is 0 Å². The summed E-state index contributed by atoms with van der Waals surface area (Å²) in [5.74, 6) is -0.638. The molecule has 1 aromatic rings. The molecule has 0 aromatic heterocycles. The SMILES string of the molecule is NC(=O)[C@H]1COCCN1CC(=O)Nc1cccc(N2CCCC2=O)c1. The van der Waals surface area contributed by atoms with E-state index in [2.05, 4.69) is 5.32 Å². The summed E-state index contributed by atoms with van der Waals surface area (Å²) in [6.07, 6.45) is 1.41. The van der Waals surface area contributed by atoms with Crippen LogP contribution in [0.3, 0.4) is 0 Å². The van der Waals surface area contributed by atoms with E-state index >= 15 is 0 Å². The molecular formula is C17H22N4O4. The van der Waals surface area contributed by atoms with Gasteiger partial charge in [0.05, 0.1) is 19.8 Å². The molecule has 2 fully saturated rings. The zero-order valence-electron chi connectivity index (χ0n) is 13.9. The molecule has 25 heavy (non-hydrogen) atoms. The van der Waals surface area contributed by atoms with Gasteiger partial charge in [0.15, 0.2) is 0 Å².